The molecule has 3 fully saturated rings. The first kappa shape index (κ1) is 36.1. The third-order valence-electron chi connectivity index (χ3n) is 7.27. The molecule has 3 heterocycles. The Balaban J connectivity index is 1.57. The van der Waals surface area contributed by atoms with Crippen molar-refractivity contribution < 1.29 is 69.9 Å². The normalized spacial score (nSPS) is 37.0. The van der Waals surface area contributed by atoms with Crippen LogP contribution in [0.25, 0.3) is 0 Å². The van der Waals surface area contributed by atoms with Gasteiger partial charge in [0.15, 0.2) is 0 Å². The van der Waals surface area contributed by atoms with Crippen molar-refractivity contribution >= 4 is 68.0 Å². The van der Waals surface area contributed by atoms with Gasteiger partial charge in [-0.2, -0.15) is 0 Å². The minimum atomic E-state index is -4.75. The second kappa shape index (κ2) is 15.3. The number of hydrogen-bond donors (Lipinski definition) is 3. The summed E-state index contributed by atoms with van der Waals surface area (Å²) < 4.78 is 86.7. The van der Waals surface area contributed by atoms with Gasteiger partial charge < -0.3 is 42.7 Å². The Morgan fingerprint density at radius 3 is 2.05 bits per heavy atom. The predicted octanol–water partition coefficient (Wildman–Crippen LogP) is -3.86. The average molecular weight is 641 g/mol. The second-order valence-corrected chi connectivity index (χ2v) is 15.7. The zero-order valence-electron chi connectivity index (χ0n) is 24.3. The molecule has 3 N–H and O–H groups in total. The lowest BCUT2D eigenvalue weighted by Crippen LogP contribution is -2.33. The van der Waals surface area contributed by atoms with E-state index in [0.29, 0.717) is 26.4 Å². The third kappa shape index (κ3) is 11.5. The van der Waals surface area contributed by atoms with Gasteiger partial charge in [-0.05, 0) is 19.3 Å². The first-order chi connectivity index (χ1) is 19.0. The van der Waals surface area contributed by atoms with Crippen molar-refractivity contribution in [3.8, 4) is 0 Å². The van der Waals surface area contributed by atoms with Crippen LogP contribution >= 0.6 is 23.2 Å². The Hall–Kier alpha value is 0.600. The van der Waals surface area contributed by atoms with Gasteiger partial charge in [-0.1, -0.05) is 0 Å². The topological polar surface area (TPSA) is 195 Å². The van der Waals surface area contributed by atoms with Crippen molar-refractivity contribution in [2.24, 2.45) is 0 Å². The van der Waals surface area contributed by atoms with Gasteiger partial charge in [0.2, 0.25) is 0 Å². The number of hydrogen-bond acceptors (Lipinski definition) is 12. The van der Waals surface area contributed by atoms with Gasteiger partial charge >= 0.3 is 23.2 Å². The molecule has 0 bridgehead atoms. The standard InChI is InChI=1S/C17H39B6O15P3/c1-30-9-3-15(18)34-12(9)8-33-41(28,29)38-10-4-16(22-19)35-13(10)6-31-39(2,24)37-11-5-17(23(20)21)36-14(11)7-32-40(25,26)27/h9-17,22H,3-8,18-21H2,1-2H3,(H,28,29)(H2,25,26,27). The van der Waals surface area contributed by atoms with E-state index in [-0.39, 0.29) is 43.8 Å². The molecule has 41 heavy (non-hydrogen) atoms. The molecule has 0 aromatic rings. The summed E-state index contributed by atoms with van der Waals surface area (Å²) in [4.78, 5) is 28.6. The van der Waals surface area contributed by atoms with Gasteiger partial charge in [0.25, 0.3) is 0 Å². The fourth-order valence-corrected chi connectivity index (χ4v) is 7.59. The van der Waals surface area contributed by atoms with Crippen LogP contribution in [0.1, 0.15) is 19.3 Å². The third-order valence-corrected chi connectivity index (χ3v) is 10.0. The van der Waals surface area contributed by atoms with Gasteiger partial charge in [-0.3, -0.25) is 18.1 Å². The van der Waals surface area contributed by atoms with Crippen LogP contribution < -0.4 is 0 Å². The van der Waals surface area contributed by atoms with Gasteiger partial charge in [-0.25, -0.2) is 9.13 Å². The zero-order valence-corrected chi connectivity index (χ0v) is 27.0. The van der Waals surface area contributed by atoms with Crippen molar-refractivity contribution in [1.82, 2.24) is 0 Å². The average Bonchev–Trinajstić information content (AvgIpc) is 3.55. The molecule has 230 valence electrons. The summed E-state index contributed by atoms with van der Waals surface area (Å²) in [5, 5.41) is 0. The second-order valence-electron chi connectivity index (χ2n) is 11.0. The maximum atomic E-state index is 13.3. The molecule has 24 heteroatoms. The highest BCUT2D eigenvalue weighted by Crippen LogP contribution is 2.51. The van der Waals surface area contributed by atoms with Crippen molar-refractivity contribution in [3.63, 3.8) is 0 Å². The van der Waals surface area contributed by atoms with Crippen LogP contribution in [-0.4, -0.2) is 148 Å². The van der Waals surface area contributed by atoms with Crippen molar-refractivity contribution in [2.75, 3.05) is 33.6 Å². The first-order valence-corrected chi connectivity index (χ1v) is 18.8. The molecule has 3 aliphatic heterocycles. The molecule has 0 aromatic heterocycles. The molecule has 15 nitrogen and oxygen atoms in total. The quantitative estimate of drug-likeness (QED) is 0.109. The Labute approximate surface area is 245 Å². The molecule has 11 atom stereocenters. The highest BCUT2D eigenvalue weighted by atomic mass is 31.2. The monoisotopic (exact) mass is 642 g/mol. The summed E-state index contributed by atoms with van der Waals surface area (Å²) in [6.45, 7) is 0.394. The fraction of sp³-hybridized carbons (Fsp3) is 1.00. The molecule has 3 rings (SSSR count). The molecule has 0 spiro atoms. The molecule has 0 aromatic carbocycles. The maximum absolute atomic E-state index is 13.3. The highest BCUT2D eigenvalue weighted by Gasteiger charge is 2.45. The largest absolute Gasteiger partial charge is 0.472 e. The Kier molecular flexibility index (Phi) is 13.4. The van der Waals surface area contributed by atoms with E-state index in [2.05, 4.69) is 4.52 Å². The van der Waals surface area contributed by atoms with Crippen LogP contribution in [0.15, 0.2) is 0 Å². The summed E-state index contributed by atoms with van der Waals surface area (Å²) in [7, 11) is -3.30. The van der Waals surface area contributed by atoms with E-state index in [1.54, 1.807) is 0 Å². The maximum Gasteiger partial charge on any atom is 0.472 e. The summed E-state index contributed by atoms with van der Waals surface area (Å²) in [5.41, 5.74) is 0. The lowest BCUT2D eigenvalue weighted by molar-refractivity contribution is -0.0336. The number of ether oxygens (including phenoxy) is 4. The van der Waals surface area contributed by atoms with Crippen LogP contribution in [0.3, 0.4) is 0 Å². The number of methoxy groups -OCH3 is 1. The van der Waals surface area contributed by atoms with E-state index in [1.807, 2.05) is 31.1 Å². The zero-order chi connectivity index (χ0) is 30.6. The van der Waals surface area contributed by atoms with E-state index in [0.717, 1.165) is 0 Å². The molecule has 11 unspecified atom stereocenters. The molecular formula is C17H39B6O15P3. The first-order valence-electron chi connectivity index (χ1n) is 13.8. The van der Waals surface area contributed by atoms with Crippen LogP contribution in [-0.2, 0) is 55.3 Å². The molecule has 3 aliphatic rings. The minimum Gasteiger partial charge on any atom is -0.380 e. The Bertz CT molecular complexity index is 995. The van der Waals surface area contributed by atoms with E-state index in [4.69, 9.17) is 46.8 Å². The highest BCUT2D eigenvalue weighted by molar-refractivity contribution is 7.53. The molecule has 0 saturated carbocycles. The van der Waals surface area contributed by atoms with Crippen molar-refractivity contribution in [2.45, 2.75) is 73.9 Å². The molecular weight excluding hydrogens is 602 g/mol. The van der Waals surface area contributed by atoms with E-state index < -0.39 is 60.4 Å². The van der Waals surface area contributed by atoms with E-state index >= 15 is 0 Å². The van der Waals surface area contributed by atoms with E-state index in [9.17, 15) is 18.6 Å². The van der Waals surface area contributed by atoms with Gasteiger partial charge in [0.1, 0.15) is 39.8 Å². The van der Waals surface area contributed by atoms with Gasteiger partial charge in [0, 0.05) is 31.8 Å². The van der Waals surface area contributed by atoms with Gasteiger partial charge in [-0.15, -0.1) is 0 Å². The lowest BCUT2D eigenvalue weighted by atomic mass is 9.16. The van der Waals surface area contributed by atoms with Crippen LogP contribution in [0.5, 0.6) is 0 Å². The smallest absolute Gasteiger partial charge is 0.380 e. The lowest BCUT2D eigenvalue weighted by Gasteiger charge is -2.26. The molecule has 3 saturated heterocycles. The van der Waals surface area contributed by atoms with Gasteiger partial charge in [0.05, 0.1) is 61.3 Å². The summed E-state index contributed by atoms with van der Waals surface area (Å²) >= 11 is 0. The molecule has 0 aliphatic carbocycles. The van der Waals surface area contributed by atoms with Crippen molar-refractivity contribution in [3.05, 3.63) is 0 Å². The summed E-state index contributed by atoms with van der Waals surface area (Å²) in [6.07, 6.45) is -2.96. The number of phosphoric ester groups is 2. The Morgan fingerprint density at radius 1 is 0.854 bits per heavy atom. The summed E-state index contributed by atoms with van der Waals surface area (Å²) in [6, 6.07) is -0.662. The minimum absolute atomic E-state index is 0.0644. The van der Waals surface area contributed by atoms with Crippen LogP contribution in [0, 0.1) is 0 Å². The SMILES string of the molecule is BBC1CC(OP(=O)(O)OCC2OC(B)CC2OC)C(COP(C)(=O)OC2CC(B(B)B)OC2COP(=O)(O)O)O1. The van der Waals surface area contributed by atoms with Crippen LogP contribution in [0.2, 0.25) is 0 Å². The molecule has 0 radical (unpaired) electrons. The molecule has 0 amide bonds. The number of rotatable bonds is 16. The number of phosphoric acid groups is 2. The Morgan fingerprint density at radius 2 is 1.44 bits per heavy atom. The van der Waals surface area contributed by atoms with E-state index in [1.165, 1.54) is 13.8 Å². The summed E-state index contributed by atoms with van der Waals surface area (Å²) in [5.74, 6) is 0. The van der Waals surface area contributed by atoms with Crippen molar-refractivity contribution in [1.29, 1.82) is 0 Å². The fourth-order valence-electron chi connectivity index (χ4n) is 5.10. The van der Waals surface area contributed by atoms with Crippen LogP contribution in [0.4, 0.5) is 0 Å². The predicted molar refractivity (Wildman–Crippen MR) is 161 cm³/mol.